The molecule has 1 aliphatic carbocycles. The summed E-state index contributed by atoms with van der Waals surface area (Å²) in [5, 5.41) is 0. The molecule has 1 aliphatic rings. The minimum absolute atomic E-state index is 0.190. The van der Waals surface area contributed by atoms with Crippen LogP contribution in [0, 0.1) is 28.6 Å². The predicted octanol–water partition coefficient (Wildman–Crippen LogP) is 4.18. The molecule has 0 heterocycles. The van der Waals surface area contributed by atoms with E-state index in [1.807, 2.05) is 0 Å². The zero-order valence-electron chi connectivity index (χ0n) is 14.9. The van der Waals surface area contributed by atoms with E-state index in [0.29, 0.717) is 16.7 Å². The summed E-state index contributed by atoms with van der Waals surface area (Å²) in [7, 11) is 0. The highest BCUT2D eigenvalue weighted by Gasteiger charge is 2.38. The molecule has 0 bridgehead atoms. The second-order valence-corrected chi connectivity index (χ2v) is 9.34. The van der Waals surface area contributed by atoms with Crippen molar-refractivity contribution < 1.29 is 0 Å². The van der Waals surface area contributed by atoms with Gasteiger partial charge in [0, 0.05) is 12.1 Å². The average molecular weight is 283 g/mol. The second-order valence-electron chi connectivity index (χ2n) is 9.34. The SMILES string of the molecule is CC(C)C1CC(C)(C)CC(N)C(C(C)N)CC(C)(C)C1. The van der Waals surface area contributed by atoms with E-state index in [1.54, 1.807) is 0 Å². The fourth-order valence-corrected chi connectivity index (χ4v) is 4.28. The average Bonchev–Trinajstić information content (AvgIpc) is 2.25. The molecule has 0 radical (unpaired) electrons. The quantitative estimate of drug-likeness (QED) is 0.798. The van der Waals surface area contributed by atoms with Crippen molar-refractivity contribution >= 4 is 0 Å². The van der Waals surface area contributed by atoms with Gasteiger partial charge in [-0.15, -0.1) is 0 Å². The van der Waals surface area contributed by atoms with Crippen LogP contribution in [0.1, 0.15) is 74.1 Å². The molecule has 1 fully saturated rings. The van der Waals surface area contributed by atoms with Gasteiger partial charge in [0.1, 0.15) is 0 Å². The van der Waals surface area contributed by atoms with E-state index < -0.39 is 0 Å². The van der Waals surface area contributed by atoms with E-state index in [0.717, 1.165) is 24.7 Å². The van der Waals surface area contributed by atoms with E-state index in [-0.39, 0.29) is 12.1 Å². The van der Waals surface area contributed by atoms with Crippen molar-refractivity contribution in [2.75, 3.05) is 0 Å². The van der Waals surface area contributed by atoms with Crippen LogP contribution in [0.4, 0.5) is 0 Å². The Morgan fingerprint density at radius 3 is 1.70 bits per heavy atom. The second kappa shape index (κ2) is 6.36. The summed E-state index contributed by atoms with van der Waals surface area (Å²) in [4.78, 5) is 0. The molecule has 2 heteroatoms. The summed E-state index contributed by atoms with van der Waals surface area (Å²) >= 11 is 0. The Hall–Kier alpha value is -0.0800. The van der Waals surface area contributed by atoms with Gasteiger partial charge in [0.05, 0.1) is 0 Å². The number of hydrogen-bond acceptors (Lipinski definition) is 2. The standard InChI is InChI=1S/C18H38N2/c1-12(2)14-8-17(4,5)10-15(13(3)19)16(20)11-18(6,7)9-14/h12-16H,8-11,19-20H2,1-7H3. The molecular formula is C18H38N2. The number of hydrogen-bond donors (Lipinski definition) is 2. The van der Waals surface area contributed by atoms with Crippen molar-refractivity contribution in [1.82, 2.24) is 0 Å². The fourth-order valence-electron chi connectivity index (χ4n) is 4.28. The van der Waals surface area contributed by atoms with Crippen molar-refractivity contribution in [1.29, 1.82) is 0 Å². The van der Waals surface area contributed by atoms with Crippen molar-refractivity contribution in [3.63, 3.8) is 0 Å². The lowest BCUT2D eigenvalue weighted by Gasteiger charge is -2.36. The molecule has 120 valence electrons. The molecule has 0 aliphatic heterocycles. The number of rotatable bonds is 2. The van der Waals surface area contributed by atoms with Gasteiger partial charge >= 0.3 is 0 Å². The fraction of sp³-hybridized carbons (Fsp3) is 1.00. The van der Waals surface area contributed by atoms with E-state index in [4.69, 9.17) is 11.5 Å². The van der Waals surface area contributed by atoms with Crippen molar-refractivity contribution in [2.45, 2.75) is 86.2 Å². The molecule has 2 nitrogen and oxygen atoms in total. The van der Waals surface area contributed by atoms with Gasteiger partial charge in [-0.3, -0.25) is 0 Å². The lowest BCUT2D eigenvalue weighted by molar-refractivity contribution is 0.154. The third-order valence-electron chi connectivity index (χ3n) is 5.37. The van der Waals surface area contributed by atoms with Crippen LogP contribution in [0.3, 0.4) is 0 Å². The van der Waals surface area contributed by atoms with Gasteiger partial charge in [0.25, 0.3) is 0 Å². The summed E-state index contributed by atoms with van der Waals surface area (Å²) in [6, 6.07) is 0.422. The maximum Gasteiger partial charge on any atom is 0.00871 e. The van der Waals surface area contributed by atoms with Crippen LogP contribution in [0.15, 0.2) is 0 Å². The Labute approximate surface area is 127 Å². The minimum Gasteiger partial charge on any atom is -0.328 e. The Morgan fingerprint density at radius 1 is 0.850 bits per heavy atom. The lowest BCUT2D eigenvalue weighted by atomic mass is 9.70. The van der Waals surface area contributed by atoms with Crippen LogP contribution in [0.25, 0.3) is 0 Å². The van der Waals surface area contributed by atoms with Gasteiger partial charge in [0.15, 0.2) is 0 Å². The molecule has 0 spiro atoms. The Balaban J connectivity index is 3.06. The molecular weight excluding hydrogens is 244 g/mol. The van der Waals surface area contributed by atoms with Crippen LogP contribution in [0.2, 0.25) is 0 Å². The minimum atomic E-state index is 0.190. The monoisotopic (exact) mass is 282 g/mol. The molecule has 0 saturated heterocycles. The third kappa shape index (κ3) is 5.04. The molecule has 4 unspecified atom stereocenters. The molecule has 0 aromatic carbocycles. The van der Waals surface area contributed by atoms with Crippen molar-refractivity contribution in [3.8, 4) is 0 Å². The molecule has 4 atom stereocenters. The molecule has 0 aromatic heterocycles. The van der Waals surface area contributed by atoms with E-state index in [9.17, 15) is 0 Å². The lowest BCUT2D eigenvalue weighted by Crippen LogP contribution is -2.44. The van der Waals surface area contributed by atoms with E-state index >= 15 is 0 Å². The first-order valence-electron chi connectivity index (χ1n) is 8.45. The molecule has 20 heavy (non-hydrogen) atoms. The Morgan fingerprint density at radius 2 is 1.30 bits per heavy atom. The van der Waals surface area contributed by atoms with Crippen LogP contribution in [-0.4, -0.2) is 12.1 Å². The van der Waals surface area contributed by atoms with Crippen LogP contribution in [-0.2, 0) is 0 Å². The first kappa shape index (κ1) is 18.0. The van der Waals surface area contributed by atoms with Crippen LogP contribution in [0.5, 0.6) is 0 Å². The topological polar surface area (TPSA) is 52.0 Å². The van der Waals surface area contributed by atoms with Gasteiger partial charge in [-0.25, -0.2) is 0 Å². The van der Waals surface area contributed by atoms with Gasteiger partial charge in [-0.1, -0.05) is 41.5 Å². The largest absolute Gasteiger partial charge is 0.328 e. The van der Waals surface area contributed by atoms with Gasteiger partial charge in [-0.05, 0) is 61.2 Å². The number of nitrogens with two attached hydrogens (primary N) is 2. The summed E-state index contributed by atoms with van der Waals surface area (Å²) < 4.78 is 0. The third-order valence-corrected chi connectivity index (χ3v) is 5.37. The molecule has 1 saturated carbocycles. The Kier molecular flexibility index (Phi) is 5.71. The molecule has 1 rings (SSSR count). The zero-order valence-corrected chi connectivity index (χ0v) is 14.9. The van der Waals surface area contributed by atoms with E-state index in [1.165, 1.54) is 12.8 Å². The first-order chi connectivity index (χ1) is 8.93. The molecule has 4 N–H and O–H groups in total. The highest BCUT2D eigenvalue weighted by Crippen LogP contribution is 2.45. The smallest absolute Gasteiger partial charge is 0.00871 e. The van der Waals surface area contributed by atoms with E-state index in [2.05, 4.69) is 48.5 Å². The highest BCUT2D eigenvalue weighted by atomic mass is 14.7. The first-order valence-corrected chi connectivity index (χ1v) is 8.45. The summed E-state index contributed by atoms with van der Waals surface area (Å²) in [6.07, 6.45) is 4.83. The highest BCUT2D eigenvalue weighted by molar-refractivity contribution is 4.92. The zero-order chi connectivity index (χ0) is 15.7. The summed E-state index contributed by atoms with van der Waals surface area (Å²) in [5.41, 5.74) is 13.5. The van der Waals surface area contributed by atoms with Gasteiger partial charge in [0.2, 0.25) is 0 Å². The van der Waals surface area contributed by atoms with Gasteiger partial charge in [-0.2, -0.15) is 0 Å². The van der Waals surface area contributed by atoms with Crippen LogP contribution < -0.4 is 11.5 Å². The maximum atomic E-state index is 6.56. The predicted molar refractivity (Wildman–Crippen MR) is 89.5 cm³/mol. The summed E-state index contributed by atoms with van der Waals surface area (Å²) in [6.45, 7) is 16.5. The van der Waals surface area contributed by atoms with Crippen molar-refractivity contribution in [3.05, 3.63) is 0 Å². The summed E-state index contributed by atoms with van der Waals surface area (Å²) in [5.74, 6) is 1.98. The van der Waals surface area contributed by atoms with Crippen molar-refractivity contribution in [2.24, 2.45) is 40.1 Å². The maximum absolute atomic E-state index is 6.56. The molecule has 0 amide bonds. The molecule has 0 aromatic rings. The van der Waals surface area contributed by atoms with Gasteiger partial charge < -0.3 is 11.5 Å². The Bertz CT molecular complexity index is 305. The van der Waals surface area contributed by atoms with Crippen LogP contribution >= 0.6 is 0 Å². The normalized spacial score (nSPS) is 36.0.